The van der Waals surface area contributed by atoms with Crippen molar-refractivity contribution in [1.29, 1.82) is 0 Å². The van der Waals surface area contributed by atoms with Gasteiger partial charge in [0.1, 0.15) is 11.0 Å². The lowest BCUT2D eigenvalue weighted by atomic mass is 10.1. The molecular weight excluding hydrogens is 381 g/mol. The van der Waals surface area contributed by atoms with E-state index in [-0.39, 0.29) is 17.8 Å². The molecule has 1 atom stereocenters. The summed E-state index contributed by atoms with van der Waals surface area (Å²) in [5, 5.41) is 4.77. The van der Waals surface area contributed by atoms with Gasteiger partial charge < -0.3 is 9.64 Å². The molecule has 0 radical (unpaired) electrons. The van der Waals surface area contributed by atoms with Crippen LogP contribution in [0.1, 0.15) is 54.2 Å². The maximum Gasteiger partial charge on any atom is 0.258 e. The highest BCUT2D eigenvalue weighted by Crippen LogP contribution is 2.24. The summed E-state index contributed by atoms with van der Waals surface area (Å²) < 4.78 is 20.5. The summed E-state index contributed by atoms with van der Waals surface area (Å²) in [6.07, 6.45) is 4.13. The van der Waals surface area contributed by atoms with Gasteiger partial charge in [0.25, 0.3) is 5.91 Å². The summed E-state index contributed by atoms with van der Waals surface area (Å²) in [5.41, 5.74) is 1.90. The quantitative estimate of drug-likeness (QED) is 0.681. The van der Waals surface area contributed by atoms with Gasteiger partial charge >= 0.3 is 0 Å². The number of benzene rings is 1. The number of hydrogen-bond donors (Lipinski definition) is 0. The van der Waals surface area contributed by atoms with Crippen LogP contribution < -0.4 is 0 Å². The number of halogens is 2. The molecule has 1 aliphatic heterocycles. The molecule has 1 amide bonds. The monoisotopic (exact) mass is 407 g/mol. The Labute approximate surface area is 170 Å². The van der Waals surface area contributed by atoms with Crippen LogP contribution in [0.25, 0.3) is 0 Å². The number of ether oxygens (including phenoxy) is 1. The van der Waals surface area contributed by atoms with E-state index in [2.05, 4.69) is 12.0 Å². The molecule has 0 bridgehead atoms. The van der Waals surface area contributed by atoms with Gasteiger partial charge in [0, 0.05) is 19.7 Å². The van der Waals surface area contributed by atoms with Gasteiger partial charge in [0.15, 0.2) is 0 Å². The van der Waals surface area contributed by atoms with Crippen LogP contribution in [0.15, 0.2) is 24.3 Å². The first-order chi connectivity index (χ1) is 13.5. The normalized spacial score (nSPS) is 16.9. The van der Waals surface area contributed by atoms with Gasteiger partial charge in [0.05, 0.1) is 23.9 Å². The Morgan fingerprint density at radius 1 is 1.36 bits per heavy atom. The van der Waals surface area contributed by atoms with Gasteiger partial charge in [-0.15, -0.1) is 0 Å². The number of amides is 1. The van der Waals surface area contributed by atoms with E-state index >= 15 is 0 Å². The molecule has 28 heavy (non-hydrogen) atoms. The minimum Gasteiger partial charge on any atom is -0.376 e. The van der Waals surface area contributed by atoms with Crippen molar-refractivity contribution in [3.8, 4) is 0 Å². The average molecular weight is 408 g/mol. The zero-order valence-corrected chi connectivity index (χ0v) is 17.2. The third-order valence-electron chi connectivity index (χ3n) is 5.00. The minimum atomic E-state index is -0.289. The molecule has 5 nitrogen and oxygen atoms in total. The molecule has 2 heterocycles. The molecule has 3 rings (SSSR count). The van der Waals surface area contributed by atoms with Crippen molar-refractivity contribution in [3.05, 3.63) is 52.1 Å². The highest BCUT2D eigenvalue weighted by molar-refractivity contribution is 6.33. The van der Waals surface area contributed by atoms with Crippen LogP contribution in [-0.4, -0.2) is 46.4 Å². The first-order valence-electron chi connectivity index (χ1n) is 9.87. The van der Waals surface area contributed by atoms with E-state index in [1.54, 1.807) is 23.7 Å². The Morgan fingerprint density at radius 2 is 2.11 bits per heavy atom. The lowest BCUT2D eigenvalue weighted by Crippen LogP contribution is -2.40. The molecule has 1 aromatic carbocycles. The fraction of sp³-hybridized carbons (Fsp3) is 0.524. The van der Waals surface area contributed by atoms with Crippen LogP contribution >= 0.6 is 11.6 Å². The van der Waals surface area contributed by atoms with Crippen molar-refractivity contribution in [2.75, 3.05) is 19.7 Å². The van der Waals surface area contributed by atoms with E-state index in [1.165, 1.54) is 12.1 Å². The SMILES string of the molecule is CCCN(CC1CCCCO1)C(=O)c1c(C)nn(Cc2ccc(F)cc2)c1Cl. The predicted molar refractivity (Wildman–Crippen MR) is 107 cm³/mol. The molecule has 0 saturated carbocycles. The van der Waals surface area contributed by atoms with Crippen molar-refractivity contribution in [1.82, 2.24) is 14.7 Å². The van der Waals surface area contributed by atoms with Crippen LogP contribution in [-0.2, 0) is 11.3 Å². The number of carbonyl (C=O) groups is 1. The average Bonchev–Trinajstić information content (AvgIpc) is 2.97. The number of aromatic nitrogens is 2. The lowest BCUT2D eigenvalue weighted by molar-refractivity contribution is -0.00385. The first-order valence-corrected chi connectivity index (χ1v) is 10.3. The van der Waals surface area contributed by atoms with E-state index in [0.29, 0.717) is 36.0 Å². The van der Waals surface area contributed by atoms with Crippen molar-refractivity contribution in [2.24, 2.45) is 0 Å². The Morgan fingerprint density at radius 3 is 2.75 bits per heavy atom. The Balaban J connectivity index is 1.78. The second-order valence-electron chi connectivity index (χ2n) is 7.28. The molecule has 1 fully saturated rings. The molecule has 1 unspecified atom stereocenters. The van der Waals surface area contributed by atoms with Crippen LogP contribution in [0.2, 0.25) is 5.15 Å². The zero-order chi connectivity index (χ0) is 20.1. The molecule has 0 N–H and O–H groups in total. The summed E-state index contributed by atoms with van der Waals surface area (Å²) in [4.78, 5) is 15.1. The van der Waals surface area contributed by atoms with Gasteiger partial charge in [-0.05, 0) is 50.3 Å². The molecule has 0 aliphatic carbocycles. The van der Waals surface area contributed by atoms with Crippen molar-refractivity contribution in [2.45, 2.75) is 52.2 Å². The fourth-order valence-corrected chi connectivity index (χ4v) is 3.88. The topological polar surface area (TPSA) is 47.4 Å². The largest absolute Gasteiger partial charge is 0.376 e. The molecule has 2 aromatic rings. The second-order valence-corrected chi connectivity index (χ2v) is 7.63. The maximum atomic E-state index is 13.2. The van der Waals surface area contributed by atoms with Gasteiger partial charge in [0.2, 0.25) is 0 Å². The van der Waals surface area contributed by atoms with Crippen molar-refractivity contribution >= 4 is 17.5 Å². The number of hydrogen-bond acceptors (Lipinski definition) is 3. The highest BCUT2D eigenvalue weighted by atomic mass is 35.5. The highest BCUT2D eigenvalue weighted by Gasteiger charge is 2.27. The molecule has 7 heteroatoms. The standard InChI is InChI=1S/C21H27ClFN3O2/c1-3-11-25(14-18-6-4-5-12-28-18)21(27)19-15(2)24-26(20(19)22)13-16-7-9-17(23)10-8-16/h7-10,18H,3-6,11-14H2,1-2H3. The van der Waals surface area contributed by atoms with E-state index < -0.39 is 0 Å². The van der Waals surface area contributed by atoms with E-state index in [9.17, 15) is 9.18 Å². The predicted octanol–water partition coefficient (Wildman–Crippen LogP) is 4.45. The number of aryl methyl sites for hydroxylation is 1. The molecular formula is C21H27ClFN3O2. The summed E-state index contributed by atoms with van der Waals surface area (Å²) in [7, 11) is 0. The minimum absolute atomic E-state index is 0.0811. The summed E-state index contributed by atoms with van der Waals surface area (Å²) >= 11 is 6.54. The Bertz CT molecular complexity index is 801. The van der Waals surface area contributed by atoms with Crippen molar-refractivity contribution < 1.29 is 13.9 Å². The summed E-state index contributed by atoms with van der Waals surface area (Å²) in [6, 6.07) is 6.18. The Kier molecular flexibility index (Phi) is 7.08. The lowest BCUT2D eigenvalue weighted by Gasteiger charge is -2.30. The van der Waals surface area contributed by atoms with E-state index in [4.69, 9.17) is 16.3 Å². The fourth-order valence-electron chi connectivity index (χ4n) is 3.56. The smallest absolute Gasteiger partial charge is 0.258 e. The first kappa shape index (κ1) is 20.8. The van der Waals surface area contributed by atoms with Crippen molar-refractivity contribution in [3.63, 3.8) is 0 Å². The zero-order valence-electron chi connectivity index (χ0n) is 16.5. The number of carbonyl (C=O) groups excluding carboxylic acids is 1. The van der Waals surface area contributed by atoms with Gasteiger partial charge in [-0.25, -0.2) is 9.07 Å². The molecule has 0 spiro atoms. The third kappa shape index (κ3) is 4.92. The molecule has 1 aliphatic rings. The van der Waals surface area contributed by atoms with E-state index in [0.717, 1.165) is 37.9 Å². The summed E-state index contributed by atoms with van der Waals surface area (Å²) in [6.45, 7) is 6.21. The molecule has 1 aromatic heterocycles. The van der Waals surface area contributed by atoms with E-state index in [1.807, 2.05) is 4.90 Å². The number of nitrogens with zero attached hydrogens (tertiary/aromatic N) is 3. The maximum absolute atomic E-state index is 13.2. The summed E-state index contributed by atoms with van der Waals surface area (Å²) in [5.74, 6) is -0.397. The molecule has 152 valence electrons. The van der Waals surface area contributed by atoms with Crippen LogP contribution in [0.4, 0.5) is 4.39 Å². The van der Waals surface area contributed by atoms with Crippen LogP contribution in [0.3, 0.4) is 0 Å². The molecule has 1 saturated heterocycles. The van der Waals surface area contributed by atoms with Gasteiger partial charge in [-0.3, -0.25) is 4.79 Å². The third-order valence-corrected chi connectivity index (χ3v) is 5.39. The number of rotatable bonds is 7. The Hall–Kier alpha value is -1.92. The van der Waals surface area contributed by atoms with Gasteiger partial charge in [-0.1, -0.05) is 30.7 Å². The van der Waals surface area contributed by atoms with Crippen LogP contribution in [0, 0.1) is 12.7 Å². The van der Waals surface area contributed by atoms with Gasteiger partial charge in [-0.2, -0.15) is 5.10 Å². The second kappa shape index (κ2) is 9.52. The van der Waals surface area contributed by atoms with Crippen LogP contribution in [0.5, 0.6) is 0 Å².